The van der Waals surface area contributed by atoms with Crippen molar-refractivity contribution < 1.29 is 4.79 Å². The highest BCUT2D eigenvalue weighted by Gasteiger charge is 2.14. The average Bonchev–Trinajstić information content (AvgIpc) is 2.49. The zero-order chi connectivity index (χ0) is 14.0. The zero-order valence-electron chi connectivity index (χ0n) is 12.9. The van der Waals surface area contributed by atoms with E-state index in [1.54, 1.807) is 6.08 Å². The number of allylic oxidation sites excluding steroid dienone is 1. The lowest BCUT2D eigenvalue weighted by Gasteiger charge is -2.22. The van der Waals surface area contributed by atoms with E-state index in [1.165, 1.54) is 77.0 Å². The maximum atomic E-state index is 11.8. The van der Waals surface area contributed by atoms with Gasteiger partial charge in [-0.25, -0.2) is 0 Å². The normalized spacial score (nSPS) is 22.2. The zero-order valence-corrected chi connectivity index (χ0v) is 12.9. The molecule has 0 radical (unpaired) electrons. The molecule has 0 atom stereocenters. The molecule has 114 valence electrons. The molecule has 0 aromatic heterocycles. The molecule has 2 saturated carbocycles. The van der Waals surface area contributed by atoms with Crippen molar-refractivity contribution in [3.8, 4) is 0 Å². The van der Waals surface area contributed by atoms with Gasteiger partial charge in [0.05, 0.1) is 0 Å². The summed E-state index contributed by atoms with van der Waals surface area (Å²) in [6, 6.07) is 0.433. The molecule has 0 bridgehead atoms. The number of hydrogen-bond acceptors (Lipinski definition) is 1. The molecule has 2 fully saturated rings. The molecule has 0 saturated heterocycles. The predicted octanol–water partition coefficient (Wildman–Crippen LogP) is 4.74. The molecular weight excluding hydrogens is 246 g/mol. The first-order chi connectivity index (χ1) is 9.84. The molecular formula is C18H31NO. The van der Waals surface area contributed by atoms with E-state index in [2.05, 4.69) is 11.4 Å². The van der Waals surface area contributed by atoms with Gasteiger partial charge in [0.25, 0.3) is 0 Å². The lowest BCUT2D eigenvalue weighted by Crippen LogP contribution is -2.34. The fourth-order valence-electron chi connectivity index (χ4n) is 3.69. The van der Waals surface area contributed by atoms with Crippen molar-refractivity contribution in [3.63, 3.8) is 0 Å². The molecule has 1 N–H and O–H groups in total. The van der Waals surface area contributed by atoms with Crippen molar-refractivity contribution in [1.29, 1.82) is 0 Å². The van der Waals surface area contributed by atoms with E-state index in [9.17, 15) is 4.79 Å². The van der Waals surface area contributed by atoms with Crippen molar-refractivity contribution >= 4 is 5.91 Å². The molecule has 0 spiro atoms. The van der Waals surface area contributed by atoms with Crippen LogP contribution in [0.25, 0.3) is 0 Å². The summed E-state index contributed by atoms with van der Waals surface area (Å²) in [5.41, 5.74) is 0. The third-order valence-corrected chi connectivity index (χ3v) is 4.93. The first-order valence-corrected chi connectivity index (χ1v) is 8.81. The van der Waals surface area contributed by atoms with E-state index in [0.29, 0.717) is 6.04 Å². The van der Waals surface area contributed by atoms with Crippen LogP contribution < -0.4 is 5.32 Å². The molecule has 0 aromatic rings. The second kappa shape index (κ2) is 9.20. The Labute approximate surface area is 124 Å². The van der Waals surface area contributed by atoms with Crippen molar-refractivity contribution in [2.75, 3.05) is 0 Å². The second-order valence-electron chi connectivity index (χ2n) is 6.68. The van der Waals surface area contributed by atoms with Crippen LogP contribution in [-0.4, -0.2) is 11.9 Å². The largest absolute Gasteiger partial charge is 0.350 e. The summed E-state index contributed by atoms with van der Waals surface area (Å²) in [5, 5.41) is 3.13. The van der Waals surface area contributed by atoms with Gasteiger partial charge in [-0.15, -0.1) is 0 Å². The van der Waals surface area contributed by atoms with E-state index in [4.69, 9.17) is 0 Å². The van der Waals surface area contributed by atoms with Crippen molar-refractivity contribution in [3.05, 3.63) is 12.2 Å². The summed E-state index contributed by atoms with van der Waals surface area (Å²) in [6.07, 6.45) is 20.9. The molecule has 2 heteroatoms. The number of carbonyl (C=O) groups is 1. The van der Waals surface area contributed by atoms with Crippen molar-refractivity contribution in [1.82, 2.24) is 5.32 Å². The Morgan fingerprint density at radius 3 is 2.30 bits per heavy atom. The molecule has 2 rings (SSSR count). The maximum absolute atomic E-state index is 11.8. The fraction of sp³-hybridized carbons (Fsp3) is 0.833. The predicted molar refractivity (Wildman–Crippen MR) is 84.6 cm³/mol. The number of unbranched alkanes of at least 4 members (excludes halogenated alkanes) is 1. The van der Waals surface area contributed by atoms with Crippen LogP contribution in [0.4, 0.5) is 0 Å². The lowest BCUT2D eigenvalue weighted by atomic mass is 9.86. The molecule has 2 aliphatic carbocycles. The van der Waals surface area contributed by atoms with E-state index in [-0.39, 0.29) is 5.91 Å². The number of hydrogen-bond donors (Lipinski definition) is 1. The standard InChI is InChI=1S/C18H31NO/c20-18(19-17-13-7-3-8-14-17)15-9-2-6-12-16-10-4-1-5-11-16/h9,15-17H,1-8,10-14H2,(H,19,20)/b15-9+. The molecule has 20 heavy (non-hydrogen) atoms. The van der Waals surface area contributed by atoms with E-state index in [1.807, 2.05) is 0 Å². The Hall–Kier alpha value is -0.790. The minimum absolute atomic E-state index is 0.120. The van der Waals surface area contributed by atoms with E-state index in [0.717, 1.165) is 12.3 Å². The smallest absolute Gasteiger partial charge is 0.243 e. The Bertz CT molecular complexity index is 299. The fourth-order valence-corrected chi connectivity index (χ4v) is 3.69. The minimum atomic E-state index is 0.120. The summed E-state index contributed by atoms with van der Waals surface area (Å²) in [6.45, 7) is 0. The molecule has 2 nitrogen and oxygen atoms in total. The highest BCUT2D eigenvalue weighted by atomic mass is 16.1. The molecule has 0 heterocycles. The van der Waals surface area contributed by atoms with Gasteiger partial charge in [0.1, 0.15) is 0 Å². The number of nitrogens with one attached hydrogen (secondary N) is 1. The Morgan fingerprint density at radius 1 is 0.950 bits per heavy atom. The van der Waals surface area contributed by atoms with Crippen LogP contribution in [0.5, 0.6) is 0 Å². The van der Waals surface area contributed by atoms with Crippen molar-refractivity contribution in [2.45, 2.75) is 89.5 Å². The van der Waals surface area contributed by atoms with Gasteiger partial charge in [0.2, 0.25) is 5.91 Å². The van der Waals surface area contributed by atoms with E-state index >= 15 is 0 Å². The van der Waals surface area contributed by atoms with Crippen LogP contribution in [0, 0.1) is 5.92 Å². The monoisotopic (exact) mass is 277 g/mol. The van der Waals surface area contributed by atoms with Gasteiger partial charge in [-0.1, -0.05) is 63.9 Å². The first kappa shape index (κ1) is 15.6. The Morgan fingerprint density at radius 2 is 1.60 bits per heavy atom. The Balaban J connectivity index is 1.52. The number of amides is 1. The van der Waals surface area contributed by atoms with Gasteiger partial charge in [0.15, 0.2) is 0 Å². The van der Waals surface area contributed by atoms with Gasteiger partial charge in [-0.2, -0.15) is 0 Å². The van der Waals surface area contributed by atoms with Gasteiger partial charge in [0, 0.05) is 6.04 Å². The minimum Gasteiger partial charge on any atom is -0.350 e. The molecule has 0 aromatic carbocycles. The van der Waals surface area contributed by atoms with Crippen LogP contribution >= 0.6 is 0 Å². The topological polar surface area (TPSA) is 29.1 Å². The highest BCUT2D eigenvalue weighted by Crippen LogP contribution is 2.27. The van der Waals surface area contributed by atoms with Crippen LogP contribution in [-0.2, 0) is 4.79 Å². The van der Waals surface area contributed by atoms with Gasteiger partial charge < -0.3 is 5.32 Å². The first-order valence-electron chi connectivity index (χ1n) is 8.81. The number of carbonyl (C=O) groups excluding carboxylic acids is 1. The maximum Gasteiger partial charge on any atom is 0.243 e. The lowest BCUT2D eigenvalue weighted by molar-refractivity contribution is -0.117. The average molecular weight is 277 g/mol. The van der Waals surface area contributed by atoms with Gasteiger partial charge in [-0.3, -0.25) is 4.79 Å². The second-order valence-corrected chi connectivity index (χ2v) is 6.68. The molecule has 0 aliphatic heterocycles. The third kappa shape index (κ3) is 6.11. The SMILES string of the molecule is O=C(/C=C/CCCC1CCCCC1)NC1CCCCC1. The van der Waals surface area contributed by atoms with Gasteiger partial charge >= 0.3 is 0 Å². The molecule has 1 amide bonds. The van der Waals surface area contributed by atoms with Gasteiger partial charge in [-0.05, 0) is 37.7 Å². The molecule has 0 unspecified atom stereocenters. The number of rotatable bonds is 6. The summed E-state index contributed by atoms with van der Waals surface area (Å²) in [7, 11) is 0. The van der Waals surface area contributed by atoms with Crippen molar-refractivity contribution in [2.24, 2.45) is 5.92 Å². The molecule has 2 aliphatic rings. The summed E-state index contributed by atoms with van der Waals surface area (Å²) in [5.74, 6) is 1.09. The highest BCUT2D eigenvalue weighted by molar-refractivity contribution is 5.87. The van der Waals surface area contributed by atoms with Crippen LogP contribution in [0.1, 0.15) is 83.5 Å². The van der Waals surface area contributed by atoms with Crippen LogP contribution in [0.2, 0.25) is 0 Å². The summed E-state index contributed by atoms with van der Waals surface area (Å²) >= 11 is 0. The Kier molecular flexibility index (Phi) is 7.18. The summed E-state index contributed by atoms with van der Waals surface area (Å²) in [4.78, 5) is 11.8. The third-order valence-electron chi connectivity index (χ3n) is 4.93. The summed E-state index contributed by atoms with van der Waals surface area (Å²) < 4.78 is 0. The van der Waals surface area contributed by atoms with Crippen LogP contribution in [0.3, 0.4) is 0 Å². The van der Waals surface area contributed by atoms with E-state index < -0.39 is 0 Å². The van der Waals surface area contributed by atoms with Crippen LogP contribution in [0.15, 0.2) is 12.2 Å². The quantitative estimate of drug-likeness (QED) is 0.551.